The Morgan fingerprint density at radius 1 is 0.554 bits per heavy atom. The molecule has 2 saturated carbocycles. The summed E-state index contributed by atoms with van der Waals surface area (Å²) in [6, 6.07) is 0. The van der Waals surface area contributed by atoms with Crippen molar-refractivity contribution < 1.29 is 90.8 Å². The number of fused-ring (bicyclic) bond motifs is 5. The largest absolute Gasteiger partial charge is 0.390 e. The van der Waals surface area contributed by atoms with E-state index in [-0.39, 0.29) is 60.3 Å². The molecule has 2 bridgehead atoms. The molecule has 74 heavy (non-hydrogen) atoms. The fourth-order valence-electron chi connectivity index (χ4n) is 15.2. The molecule has 0 radical (unpaired) electrons. The number of hydrogen-bond donors (Lipinski definition) is 2. The van der Waals surface area contributed by atoms with Crippen LogP contribution < -0.4 is 0 Å². The van der Waals surface area contributed by atoms with Gasteiger partial charge in [-0.3, -0.25) is 4.79 Å². The van der Waals surface area contributed by atoms with E-state index in [0.717, 1.165) is 32.1 Å². The molecule has 10 aliphatic rings. The third kappa shape index (κ3) is 10.4. The monoisotopic (exact) mass is 1050 g/mol. The van der Waals surface area contributed by atoms with E-state index >= 15 is 0 Å². The molecule has 0 aromatic rings. The topological polar surface area (TPSA) is 205 Å². The molecule has 0 aromatic carbocycles. The van der Waals surface area contributed by atoms with Gasteiger partial charge in [0.05, 0.1) is 84.8 Å². The zero-order valence-electron chi connectivity index (χ0n) is 45.8. The van der Waals surface area contributed by atoms with Crippen LogP contribution in [0.15, 0.2) is 11.6 Å². The van der Waals surface area contributed by atoms with Gasteiger partial charge in [0.15, 0.2) is 37.2 Å². The number of carbonyl (C=O) groups excluding carboxylic acids is 1. The van der Waals surface area contributed by atoms with Crippen molar-refractivity contribution >= 4 is 5.78 Å². The van der Waals surface area contributed by atoms with Crippen LogP contribution in [0.1, 0.15) is 132 Å². The van der Waals surface area contributed by atoms with Crippen molar-refractivity contribution in [2.45, 2.75) is 280 Å². The zero-order valence-corrected chi connectivity index (χ0v) is 45.8. The van der Waals surface area contributed by atoms with E-state index in [1.165, 1.54) is 5.57 Å². The number of ether oxygens (including phenoxy) is 16. The Bertz CT molecular complexity index is 1950. The Labute approximate surface area is 437 Å². The first kappa shape index (κ1) is 56.0. The van der Waals surface area contributed by atoms with Crippen LogP contribution in [0.3, 0.4) is 0 Å². The van der Waals surface area contributed by atoms with Crippen molar-refractivity contribution in [1.82, 2.24) is 0 Å². The summed E-state index contributed by atoms with van der Waals surface area (Å²) in [7, 11) is 6.52. The van der Waals surface area contributed by atoms with Crippen LogP contribution in [0.4, 0.5) is 0 Å². The second kappa shape index (κ2) is 22.3. The second-order valence-corrected chi connectivity index (χ2v) is 23.8. The molecule has 7 aliphatic heterocycles. The van der Waals surface area contributed by atoms with E-state index in [2.05, 4.69) is 26.8 Å². The molecular formula is C55H88O19. The number of carbonyl (C=O) groups is 1. The molecule has 3 aliphatic carbocycles. The van der Waals surface area contributed by atoms with Gasteiger partial charge >= 0.3 is 0 Å². The number of hydrogen-bond acceptors (Lipinski definition) is 19. The number of methoxy groups -OCH3 is 4. The molecule has 10 rings (SSSR count). The van der Waals surface area contributed by atoms with Gasteiger partial charge in [0, 0.05) is 85.2 Å². The Balaban J connectivity index is 0.685. The summed E-state index contributed by atoms with van der Waals surface area (Å²) in [6.45, 7) is 16.1. The summed E-state index contributed by atoms with van der Waals surface area (Å²) in [5.41, 5.74) is 0.782. The van der Waals surface area contributed by atoms with Crippen molar-refractivity contribution in [3.8, 4) is 0 Å². The first-order valence-electron chi connectivity index (χ1n) is 27.9. The Morgan fingerprint density at radius 3 is 1.55 bits per heavy atom. The van der Waals surface area contributed by atoms with Gasteiger partial charge in [-0.2, -0.15) is 0 Å². The number of ketones is 1. The molecular weight excluding hydrogens is 965 g/mol. The highest BCUT2D eigenvalue weighted by molar-refractivity contribution is 5.88. The standard InChI is InChI=1S/C55H88O19/c1-26-34-13-14-41(57)54(34,8)42-25-40-53(7)17-16-33(19-32(53)15-18-55(40,73-26)74-42)68-44-22-37(60-10)50(29(4)65-44)70-43-20-35(56)49(28(3)64-43)69-46-23-38(61-11)52(30(5)66-46)72-47-24-39(62-12)51(31(6)67-47)71-45-21-36(59-9)48(58)27(2)63-45/h15,26-31,33-40,42-52,56,58H,13-14,16-25H2,1-12H3/t26-,27+,28+,29+,30+,31+,33-,34-,35-,36-,37+,38+,39+,40+,42+,43-,44-,45-,46-,47-,48+,49+,50+,51+,52+,53-,54+,55-/m0/s1. The van der Waals surface area contributed by atoms with Crippen molar-refractivity contribution in [2.24, 2.45) is 22.7 Å². The predicted molar refractivity (Wildman–Crippen MR) is 261 cm³/mol. The number of Topliss-reactive ketones (excluding diaryl/α,β-unsaturated/α-hetero) is 1. The highest BCUT2D eigenvalue weighted by Crippen LogP contribution is 2.66. The average Bonchev–Trinajstić information content (AvgIpc) is 3.92. The Morgan fingerprint density at radius 2 is 1.03 bits per heavy atom. The molecule has 7 heterocycles. The average molecular weight is 1050 g/mol. The minimum absolute atomic E-state index is 0.0244. The van der Waals surface area contributed by atoms with Crippen LogP contribution in [-0.4, -0.2) is 192 Å². The van der Waals surface area contributed by atoms with Crippen molar-refractivity contribution in [3.63, 3.8) is 0 Å². The van der Waals surface area contributed by atoms with E-state index in [9.17, 15) is 15.0 Å². The molecule has 422 valence electrons. The zero-order chi connectivity index (χ0) is 52.6. The molecule has 0 unspecified atom stereocenters. The van der Waals surface area contributed by atoms with Crippen molar-refractivity contribution in [1.29, 1.82) is 0 Å². The highest BCUT2D eigenvalue weighted by atomic mass is 16.8. The number of rotatable bonds is 14. The summed E-state index contributed by atoms with van der Waals surface area (Å²) in [4.78, 5) is 13.4. The molecule has 2 N–H and O–H groups in total. The van der Waals surface area contributed by atoms with Gasteiger partial charge in [0.2, 0.25) is 0 Å². The molecule has 19 nitrogen and oxygen atoms in total. The lowest BCUT2D eigenvalue weighted by Gasteiger charge is -2.53. The minimum Gasteiger partial charge on any atom is -0.390 e. The molecule has 1 spiro atoms. The van der Waals surface area contributed by atoms with Crippen LogP contribution >= 0.6 is 0 Å². The molecule has 0 amide bonds. The SMILES string of the molecule is CO[C@H]1C[C@H](O[C@@H]2[C@@H](C)O[C@@H](O[C@@H]3[C@@H](C)O[C@@H](O[C@H]4[C@@H](O)C[C@H](O[C@@H]5[C@@H](C)O[C@@H](O[C@H]6CC[C@@]7(C)C(=CC[C@@]89O[C@@H](C)[C@@H]%10CCC(=O)[C@]%10(C)[C@@H](C[C@@H]87)O9)C6)C[C@H]5OC)O[C@@H]4C)C[C@H]3OC)C[C@H]2OC)O[C@H](C)[C@H]1O. The summed E-state index contributed by atoms with van der Waals surface area (Å²) in [5, 5.41) is 22.0. The van der Waals surface area contributed by atoms with Gasteiger partial charge in [-0.05, 0) is 86.0 Å². The van der Waals surface area contributed by atoms with Crippen LogP contribution in [0.5, 0.6) is 0 Å². The second-order valence-electron chi connectivity index (χ2n) is 23.8. The first-order chi connectivity index (χ1) is 35.3. The summed E-state index contributed by atoms with van der Waals surface area (Å²) in [6.07, 6.45) is -1.19. The predicted octanol–water partition coefficient (Wildman–Crippen LogP) is 5.39. The Kier molecular flexibility index (Phi) is 16.9. The van der Waals surface area contributed by atoms with E-state index in [0.29, 0.717) is 44.3 Å². The lowest BCUT2D eigenvalue weighted by molar-refractivity contribution is -0.351. The van der Waals surface area contributed by atoms with Crippen LogP contribution in [0.2, 0.25) is 0 Å². The molecule has 28 atom stereocenters. The van der Waals surface area contributed by atoms with Crippen LogP contribution in [0.25, 0.3) is 0 Å². The lowest BCUT2D eigenvalue weighted by atomic mass is 9.56. The fourth-order valence-corrected chi connectivity index (χ4v) is 15.2. The van der Waals surface area contributed by atoms with E-state index in [4.69, 9.17) is 75.8 Å². The van der Waals surface area contributed by atoms with Crippen molar-refractivity contribution in [2.75, 3.05) is 28.4 Å². The normalized spacial score (nSPS) is 53.7. The highest BCUT2D eigenvalue weighted by Gasteiger charge is 2.69. The van der Waals surface area contributed by atoms with Gasteiger partial charge < -0.3 is 86.0 Å². The van der Waals surface area contributed by atoms with Gasteiger partial charge in [0.25, 0.3) is 0 Å². The maximum atomic E-state index is 13.4. The van der Waals surface area contributed by atoms with E-state index < -0.39 is 116 Å². The Hall–Kier alpha value is -1.31. The third-order valence-corrected chi connectivity index (χ3v) is 19.5. The number of aliphatic hydroxyl groups excluding tert-OH is 2. The lowest BCUT2D eigenvalue weighted by Crippen LogP contribution is -2.58. The van der Waals surface area contributed by atoms with Gasteiger partial charge in [-0.1, -0.05) is 18.6 Å². The minimum atomic E-state index is -0.915. The van der Waals surface area contributed by atoms with Crippen LogP contribution in [0, 0.1) is 22.7 Å². The molecule has 0 aromatic heterocycles. The summed E-state index contributed by atoms with van der Waals surface area (Å²) in [5.74, 6) is 0.00754. The van der Waals surface area contributed by atoms with Gasteiger partial charge in [-0.25, -0.2) is 0 Å². The van der Waals surface area contributed by atoms with Gasteiger partial charge in [-0.15, -0.1) is 0 Å². The molecule has 19 heteroatoms. The summed E-state index contributed by atoms with van der Waals surface area (Å²) >= 11 is 0. The third-order valence-electron chi connectivity index (χ3n) is 19.5. The van der Waals surface area contributed by atoms with E-state index in [1.807, 2.05) is 27.7 Å². The molecule has 7 saturated heterocycles. The maximum Gasteiger partial charge on any atom is 0.176 e. The maximum absolute atomic E-state index is 13.4. The smallest absolute Gasteiger partial charge is 0.176 e. The summed E-state index contributed by atoms with van der Waals surface area (Å²) < 4.78 is 102. The first-order valence-corrected chi connectivity index (χ1v) is 27.9. The quantitative estimate of drug-likeness (QED) is 0.209. The number of aliphatic hydroxyl groups is 2. The van der Waals surface area contributed by atoms with Crippen LogP contribution in [-0.2, 0) is 80.6 Å². The van der Waals surface area contributed by atoms with Gasteiger partial charge in [0.1, 0.15) is 36.3 Å². The molecule has 9 fully saturated rings. The van der Waals surface area contributed by atoms with E-state index in [1.54, 1.807) is 35.4 Å². The fraction of sp³-hybridized carbons (Fsp3) is 0.945. The van der Waals surface area contributed by atoms with Crippen molar-refractivity contribution in [3.05, 3.63) is 11.6 Å².